The van der Waals surface area contributed by atoms with Gasteiger partial charge >= 0.3 is 67.8 Å². The minimum absolute atomic E-state index is 0.919. The Bertz CT molecular complexity index is 181. The van der Waals surface area contributed by atoms with Gasteiger partial charge in [0.15, 0.2) is 0 Å². The van der Waals surface area contributed by atoms with E-state index in [9.17, 15) is 0 Å². The van der Waals surface area contributed by atoms with Gasteiger partial charge in [0.25, 0.3) is 0 Å². The van der Waals surface area contributed by atoms with Crippen molar-refractivity contribution in [2.75, 3.05) is 7.11 Å². The number of rotatable bonds is 1. The second-order valence-electron chi connectivity index (χ2n) is 1.68. The molecule has 1 radical (unpaired) electrons. The maximum atomic E-state index is 4.97. The Morgan fingerprint density at radius 2 is 1.78 bits per heavy atom. The quantitative estimate of drug-likeness (QED) is 0.643. The van der Waals surface area contributed by atoms with E-state index in [4.69, 9.17) is 4.74 Å². The molecule has 1 aromatic rings. The van der Waals surface area contributed by atoms with Crippen LogP contribution >= 0.6 is 0 Å². The van der Waals surface area contributed by atoms with Gasteiger partial charge in [-0.3, -0.25) is 0 Å². The molecule has 0 fully saturated rings. The van der Waals surface area contributed by atoms with E-state index in [2.05, 4.69) is 0 Å². The number of ether oxygens (including phenoxy) is 1. The second kappa shape index (κ2) is 3.10. The normalized spacial score (nSPS) is 9.00. The Hall–Kier alpha value is -0.190. The summed E-state index contributed by atoms with van der Waals surface area (Å²) in [7, 11) is 1.67. The van der Waals surface area contributed by atoms with Crippen LogP contribution < -0.4 is 8.35 Å². The Labute approximate surface area is 67.9 Å². The number of hydrogen-bond donors (Lipinski definition) is 0. The summed E-state index contributed by atoms with van der Waals surface area (Å²) in [6.45, 7) is 0. The van der Waals surface area contributed by atoms with Crippen LogP contribution in [0, 0.1) is 0 Å². The average Bonchev–Trinajstić information content (AvgIpc) is 1.90. The summed E-state index contributed by atoms with van der Waals surface area (Å²) in [5.41, 5.74) is 0. The molecule has 1 nitrogen and oxygen atoms in total. The van der Waals surface area contributed by atoms with Gasteiger partial charge in [-0.15, -0.1) is 0 Å². The Morgan fingerprint density at radius 3 is 2.22 bits per heavy atom. The molecule has 2 heteroatoms. The van der Waals surface area contributed by atoms with Gasteiger partial charge in [-0.25, -0.2) is 0 Å². The van der Waals surface area contributed by atoms with Crippen molar-refractivity contribution in [1.82, 2.24) is 0 Å². The fourth-order valence-corrected chi connectivity index (χ4v) is 0.964. The summed E-state index contributed by atoms with van der Waals surface area (Å²) in [6, 6.07) is 7.97. The van der Waals surface area contributed by atoms with E-state index in [1.807, 2.05) is 46.6 Å². The van der Waals surface area contributed by atoms with Gasteiger partial charge < -0.3 is 0 Å². The van der Waals surface area contributed by atoms with E-state index in [0.717, 1.165) is 5.75 Å². The Morgan fingerprint density at radius 1 is 1.22 bits per heavy atom. The van der Waals surface area contributed by atoms with E-state index in [1.165, 1.54) is 3.61 Å². The zero-order chi connectivity index (χ0) is 6.69. The first-order valence-electron chi connectivity index (χ1n) is 2.64. The molecule has 0 aromatic heterocycles. The first kappa shape index (κ1) is 6.92. The predicted octanol–water partition coefficient (Wildman–Crippen LogP) is 0.489. The fourth-order valence-electron chi connectivity index (χ4n) is 0.576. The first-order chi connectivity index (χ1) is 4.33. The van der Waals surface area contributed by atoms with E-state index < -0.39 is 0 Å². The van der Waals surface area contributed by atoms with Crippen LogP contribution in [0.2, 0.25) is 0 Å². The first-order valence-corrected chi connectivity index (χ1v) is 3.80. The third-order valence-corrected chi connectivity index (χ3v) is 1.84. The van der Waals surface area contributed by atoms with E-state index in [-0.39, 0.29) is 0 Å². The zero-order valence-electron chi connectivity index (χ0n) is 5.13. The van der Waals surface area contributed by atoms with Crippen LogP contribution in [0.15, 0.2) is 24.3 Å². The molecule has 0 N–H and O–H groups in total. The van der Waals surface area contributed by atoms with Gasteiger partial charge in [-0.2, -0.15) is 0 Å². The summed E-state index contributed by atoms with van der Waals surface area (Å²) in [5.74, 6) is 0.919. The monoisotopic (exact) mass is 237 g/mol. The van der Waals surface area contributed by atoms with Crippen molar-refractivity contribution in [2.45, 2.75) is 0 Å². The molecule has 9 heavy (non-hydrogen) atoms. The third-order valence-electron chi connectivity index (χ3n) is 1.06. The van der Waals surface area contributed by atoms with Gasteiger partial charge in [-0.1, -0.05) is 0 Å². The Kier molecular flexibility index (Phi) is 2.38. The van der Waals surface area contributed by atoms with E-state index in [0.29, 0.717) is 0 Å². The van der Waals surface area contributed by atoms with Gasteiger partial charge in [0.05, 0.1) is 0 Å². The van der Waals surface area contributed by atoms with Gasteiger partial charge in [0.2, 0.25) is 0 Å². The van der Waals surface area contributed by atoms with Crippen molar-refractivity contribution in [3.8, 4) is 5.75 Å². The molecular formula is C7H7OTe. The molecule has 0 atom stereocenters. The van der Waals surface area contributed by atoms with Crippen molar-refractivity contribution in [1.29, 1.82) is 0 Å². The third kappa shape index (κ3) is 1.89. The van der Waals surface area contributed by atoms with Crippen molar-refractivity contribution >= 4 is 25.9 Å². The summed E-state index contributed by atoms with van der Waals surface area (Å²) < 4.78 is 6.24. The zero-order valence-corrected chi connectivity index (χ0v) is 7.46. The maximum absolute atomic E-state index is 4.97. The molecule has 0 amide bonds. The Balaban J connectivity index is 2.88. The molecule has 1 aromatic carbocycles. The molecule has 0 saturated carbocycles. The molecule has 0 aliphatic carbocycles. The van der Waals surface area contributed by atoms with E-state index >= 15 is 0 Å². The molecule has 0 spiro atoms. The molecule has 0 saturated heterocycles. The molecule has 1 rings (SSSR count). The minimum atomic E-state index is 0.919. The van der Waals surface area contributed by atoms with Crippen LogP contribution in [0.5, 0.6) is 5.75 Å². The molecular weight excluding hydrogens is 228 g/mol. The van der Waals surface area contributed by atoms with Crippen molar-refractivity contribution in [3.05, 3.63) is 24.3 Å². The molecule has 0 unspecified atom stereocenters. The van der Waals surface area contributed by atoms with Crippen LogP contribution in [0.4, 0.5) is 0 Å². The molecule has 0 aliphatic heterocycles. The topological polar surface area (TPSA) is 9.23 Å². The van der Waals surface area contributed by atoms with Crippen molar-refractivity contribution < 1.29 is 4.74 Å². The fraction of sp³-hybridized carbons (Fsp3) is 0.143. The standard InChI is InChI=1S/C7H7OTe/c1-8-6-2-4-7(9)5-3-6/h2-5H,1H3. The van der Waals surface area contributed by atoms with Gasteiger partial charge in [0, 0.05) is 0 Å². The SMILES string of the molecule is COc1ccc([Te])cc1. The summed E-state index contributed by atoms with van der Waals surface area (Å²) in [6.07, 6.45) is 0. The van der Waals surface area contributed by atoms with Gasteiger partial charge in [-0.05, 0) is 0 Å². The van der Waals surface area contributed by atoms with Gasteiger partial charge in [0.1, 0.15) is 0 Å². The molecule has 0 heterocycles. The summed E-state index contributed by atoms with van der Waals surface area (Å²) in [5, 5.41) is 0. The van der Waals surface area contributed by atoms with Crippen LogP contribution in [0.1, 0.15) is 0 Å². The molecule has 0 aliphatic rings. The van der Waals surface area contributed by atoms with Crippen LogP contribution in [0.25, 0.3) is 0 Å². The van der Waals surface area contributed by atoms with E-state index in [1.54, 1.807) is 7.11 Å². The van der Waals surface area contributed by atoms with Crippen LogP contribution in [0.3, 0.4) is 0 Å². The predicted molar refractivity (Wildman–Crippen MR) is 38.4 cm³/mol. The molecule has 47 valence electrons. The van der Waals surface area contributed by atoms with Crippen LogP contribution in [-0.4, -0.2) is 29.4 Å². The van der Waals surface area contributed by atoms with Crippen molar-refractivity contribution in [3.63, 3.8) is 0 Å². The number of hydrogen-bond acceptors (Lipinski definition) is 1. The number of methoxy groups -OCH3 is 1. The number of benzene rings is 1. The van der Waals surface area contributed by atoms with Crippen LogP contribution in [-0.2, 0) is 0 Å². The molecule has 0 bridgehead atoms. The summed E-state index contributed by atoms with van der Waals surface area (Å²) in [4.78, 5) is 0. The second-order valence-corrected chi connectivity index (χ2v) is 3.02. The summed E-state index contributed by atoms with van der Waals surface area (Å²) >= 11 is 1.99. The average molecular weight is 235 g/mol. The van der Waals surface area contributed by atoms with Crippen molar-refractivity contribution in [2.24, 2.45) is 0 Å².